The van der Waals surface area contributed by atoms with E-state index in [4.69, 9.17) is 14.9 Å². The van der Waals surface area contributed by atoms with Gasteiger partial charge in [0.25, 0.3) is 0 Å². The first-order valence-corrected chi connectivity index (χ1v) is 8.00. The molecule has 8 heteroatoms. The minimum absolute atomic E-state index is 0.0515. The number of rotatable bonds is 9. The van der Waals surface area contributed by atoms with E-state index in [0.717, 1.165) is 5.56 Å². The molecule has 2 amide bonds. The van der Waals surface area contributed by atoms with Crippen LogP contribution in [0.1, 0.15) is 25.8 Å². The fourth-order valence-corrected chi connectivity index (χ4v) is 2.04. The maximum atomic E-state index is 12.3. The largest absolute Gasteiger partial charge is 0.480 e. The van der Waals surface area contributed by atoms with Gasteiger partial charge in [0, 0.05) is 0 Å². The minimum atomic E-state index is -1.43. The molecule has 0 heterocycles. The van der Waals surface area contributed by atoms with Crippen LogP contribution in [-0.2, 0) is 20.9 Å². The van der Waals surface area contributed by atoms with Crippen LogP contribution in [0.25, 0.3) is 0 Å². The number of aliphatic hydroxyl groups excluding tert-OH is 1. The number of aliphatic hydroxyl groups is 1. The average Bonchev–Trinajstić information content (AvgIpc) is 2.62. The third-order valence-corrected chi connectivity index (χ3v) is 3.78. The van der Waals surface area contributed by atoms with Crippen LogP contribution in [0.4, 0.5) is 4.79 Å². The lowest BCUT2D eigenvalue weighted by atomic mass is 9.98. The third-order valence-electron chi connectivity index (χ3n) is 3.78. The highest BCUT2D eigenvalue weighted by molar-refractivity contribution is 5.89. The predicted molar refractivity (Wildman–Crippen MR) is 89.7 cm³/mol. The van der Waals surface area contributed by atoms with Crippen molar-refractivity contribution in [3.63, 3.8) is 0 Å². The SMILES string of the molecule is CC[C@H](C)[C@H](NC(=O)OCc1ccccc1)C(=O)N[C@@H](CO)C(=O)O. The molecule has 0 unspecified atom stereocenters. The Labute approximate surface area is 146 Å². The van der Waals surface area contributed by atoms with Crippen molar-refractivity contribution in [3.05, 3.63) is 35.9 Å². The summed E-state index contributed by atoms with van der Waals surface area (Å²) in [4.78, 5) is 35.2. The second-order valence-electron chi connectivity index (χ2n) is 5.65. The zero-order chi connectivity index (χ0) is 18.8. The molecule has 3 atom stereocenters. The summed E-state index contributed by atoms with van der Waals surface area (Å²) in [5.74, 6) is -2.30. The Morgan fingerprint density at radius 1 is 1.16 bits per heavy atom. The first kappa shape index (κ1) is 20.4. The Kier molecular flexibility index (Phi) is 8.42. The van der Waals surface area contributed by atoms with Gasteiger partial charge in [0.05, 0.1) is 6.61 Å². The Balaban J connectivity index is 2.66. The van der Waals surface area contributed by atoms with Crippen LogP contribution in [0.2, 0.25) is 0 Å². The van der Waals surface area contributed by atoms with Crippen LogP contribution in [0, 0.1) is 5.92 Å². The van der Waals surface area contributed by atoms with Gasteiger partial charge in [0.2, 0.25) is 5.91 Å². The lowest BCUT2D eigenvalue weighted by Gasteiger charge is -2.24. The second kappa shape index (κ2) is 10.3. The number of carbonyl (C=O) groups is 3. The Bertz CT molecular complexity index is 578. The van der Waals surface area contributed by atoms with Crippen molar-refractivity contribution in [2.75, 3.05) is 6.61 Å². The van der Waals surface area contributed by atoms with Gasteiger partial charge in [-0.25, -0.2) is 9.59 Å². The summed E-state index contributed by atoms with van der Waals surface area (Å²) in [5, 5.41) is 22.6. The van der Waals surface area contributed by atoms with Gasteiger partial charge in [-0.3, -0.25) is 4.79 Å². The number of ether oxygens (including phenoxy) is 1. The third kappa shape index (κ3) is 6.80. The maximum absolute atomic E-state index is 12.3. The number of hydrogen-bond donors (Lipinski definition) is 4. The lowest BCUT2D eigenvalue weighted by Crippen LogP contribution is -2.55. The van der Waals surface area contributed by atoms with Crippen LogP contribution >= 0.6 is 0 Å². The van der Waals surface area contributed by atoms with E-state index in [2.05, 4.69) is 10.6 Å². The van der Waals surface area contributed by atoms with Crippen LogP contribution in [0.3, 0.4) is 0 Å². The summed E-state index contributed by atoms with van der Waals surface area (Å²) in [6, 6.07) is 6.66. The molecule has 25 heavy (non-hydrogen) atoms. The van der Waals surface area contributed by atoms with Gasteiger partial charge in [-0.15, -0.1) is 0 Å². The molecule has 0 saturated carbocycles. The van der Waals surface area contributed by atoms with E-state index in [0.29, 0.717) is 6.42 Å². The smallest absolute Gasteiger partial charge is 0.408 e. The Hall–Kier alpha value is -2.61. The van der Waals surface area contributed by atoms with Gasteiger partial charge in [-0.1, -0.05) is 50.6 Å². The van der Waals surface area contributed by atoms with Crippen LogP contribution in [0.5, 0.6) is 0 Å². The van der Waals surface area contributed by atoms with Crippen LogP contribution < -0.4 is 10.6 Å². The van der Waals surface area contributed by atoms with Gasteiger partial charge in [-0.05, 0) is 11.5 Å². The van der Waals surface area contributed by atoms with Crippen LogP contribution in [0.15, 0.2) is 30.3 Å². The fraction of sp³-hybridized carbons (Fsp3) is 0.471. The molecule has 0 spiro atoms. The number of aliphatic carboxylic acids is 1. The van der Waals surface area contributed by atoms with Crippen molar-refractivity contribution in [3.8, 4) is 0 Å². The van der Waals surface area contributed by atoms with Gasteiger partial charge >= 0.3 is 12.1 Å². The van der Waals surface area contributed by atoms with Crippen molar-refractivity contribution in [2.45, 2.75) is 39.0 Å². The number of hydrogen-bond acceptors (Lipinski definition) is 5. The molecule has 0 aliphatic heterocycles. The molecule has 8 nitrogen and oxygen atoms in total. The summed E-state index contributed by atoms with van der Waals surface area (Å²) >= 11 is 0. The Morgan fingerprint density at radius 3 is 2.32 bits per heavy atom. The standard InChI is InChI=1S/C17H24N2O6/c1-3-11(2)14(15(21)18-13(9-20)16(22)23)19-17(24)25-10-12-7-5-4-6-8-12/h4-8,11,13-14,20H,3,9-10H2,1-2H3,(H,18,21)(H,19,24)(H,22,23)/t11-,13-,14-/m0/s1. The minimum Gasteiger partial charge on any atom is -0.480 e. The summed E-state index contributed by atoms with van der Waals surface area (Å²) in [7, 11) is 0. The van der Waals surface area contributed by atoms with Crippen molar-refractivity contribution >= 4 is 18.0 Å². The van der Waals surface area contributed by atoms with Crippen molar-refractivity contribution in [2.24, 2.45) is 5.92 Å². The summed E-state index contributed by atoms with van der Waals surface area (Å²) in [6.07, 6.45) is -0.200. The van der Waals surface area contributed by atoms with E-state index in [1.807, 2.05) is 25.1 Å². The topological polar surface area (TPSA) is 125 Å². The molecule has 1 aromatic carbocycles. The highest BCUT2D eigenvalue weighted by Gasteiger charge is 2.29. The van der Waals surface area contributed by atoms with E-state index in [1.54, 1.807) is 19.1 Å². The van der Waals surface area contributed by atoms with Gasteiger partial charge < -0.3 is 25.6 Å². The molecule has 1 rings (SSSR count). The van der Waals surface area contributed by atoms with E-state index in [9.17, 15) is 14.4 Å². The number of alkyl carbamates (subject to hydrolysis) is 1. The summed E-state index contributed by atoms with van der Waals surface area (Å²) < 4.78 is 5.09. The zero-order valence-electron chi connectivity index (χ0n) is 14.3. The first-order chi connectivity index (χ1) is 11.9. The molecule has 0 saturated heterocycles. The van der Waals surface area contributed by atoms with Crippen LogP contribution in [-0.4, -0.2) is 46.9 Å². The van der Waals surface area contributed by atoms with Crippen molar-refractivity contribution in [1.29, 1.82) is 0 Å². The highest BCUT2D eigenvalue weighted by Crippen LogP contribution is 2.09. The zero-order valence-corrected chi connectivity index (χ0v) is 14.3. The highest BCUT2D eigenvalue weighted by atomic mass is 16.5. The fourth-order valence-electron chi connectivity index (χ4n) is 2.04. The van der Waals surface area contributed by atoms with Gasteiger partial charge in [0.15, 0.2) is 0 Å². The molecule has 1 aromatic rings. The molecular weight excluding hydrogens is 328 g/mol. The number of carboxylic acid groups (broad SMARTS) is 1. The molecule has 138 valence electrons. The molecule has 0 bridgehead atoms. The second-order valence-corrected chi connectivity index (χ2v) is 5.65. The molecular formula is C17H24N2O6. The van der Waals surface area contributed by atoms with Crippen molar-refractivity contribution in [1.82, 2.24) is 10.6 Å². The summed E-state index contributed by atoms with van der Waals surface area (Å²) in [6.45, 7) is 2.89. The Morgan fingerprint density at radius 2 is 1.80 bits per heavy atom. The molecule has 0 aliphatic carbocycles. The molecule has 0 fully saturated rings. The molecule has 0 radical (unpaired) electrons. The normalized spacial score (nSPS) is 14.0. The van der Waals surface area contributed by atoms with Gasteiger partial charge in [0.1, 0.15) is 18.7 Å². The lowest BCUT2D eigenvalue weighted by molar-refractivity contribution is -0.143. The number of carbonyl (C=O) groups excluding carboxylic acids is 2. The van der Waals surface area contributed by atoms with E-state index in [1.165, 1.54) is 0 Å². The number of amides is 2. The number of nitrogens with one attached hydrogen (secondary N) is 2. The molecule has 4 N–H and O–H groups in total. The maximum Gasteiger partial charge on any atom is 0.408 e. The van der Waals surface area contributed by atoms with Crippen molar-refractivity contribution < 1.29 is 29.3 Å². The molecule has 0 aliphatic rings. The van der Waals surface area contributed by atoms with E-state index >= 15 is 0 Å². The average molecular weight is 352 g/mol. The first-order valence-electron chi connectivity index (χ1n) is 8.00. The summed E-state index contributed by atoms with van der Waals surface area (Å²) in [5.41, 5.74) is 0.799. The van der Waals surface area contributed by atoms with E-state index in [-0.39, 0.29) is 12.5 Å². The monoisotopic (exact) mass is 352 g/mol. The van der Waals surface area contributed by atoms with E-state index < -0.39 is 36.7 Å². The quantitative estimate of drug-likeness (QED) is 0.523. The molecule has 0 aromatic heterocycles. The number of carboxylic acids is 1. The van der Waals surface area contributed by atoms with Gasteiger partial charge in [-0.2, -0.15) is 0 Å². The predicted octanol–water partition coefficient (Wildman–Crippen LogP) is 0.889. The number of benzene rings is 1.